The van der Waals surface area contributed by atoms with Crippen molar-refractivity contribution in [2.45, 2.75) is 20.3 Å². The summed E-state index contributed by atoms with van der Waals surface area (Å²) in [5.41, 5.74) is 1.79. The van der Waals surface area contributed by atoms with Gasteiger partial charge < -0.3 is 9.64 Å². The zero-order valence-electron chi connectivity index (χ0n) is 14.7. The van der Waals surface area contributed by atoms with Gasteiger partial charge in [0.25, 0.3) is 0 Å². The van der Waals surface area contributed by atoms with E-state index < -0.39 is 24.1 Å². The number of anilines is 1. The van der Waals surface area contributed by atoms with Crippen LogP contribution >= 0.6 is 0 Å². The van der Waals surface area contributed by atoms with E-state index in [1.165, 1.54) is 29.2 Å². The number of hydrogen-bond donors (Lipinski definition) is 0. The smallest absolute Gasteiger partial charge is 0.315 e. The molecule has 5 nitrogen and oxygen atoms in total. The van der Waals surface area contributed by atoms with Crippen molar-refractivity contribution in [2.24, 2.45) is 0 Å². The normalized spacial score (nSPS) is 10.3. The first-order valence-electron chi connectivity index (χ1n) is 8.22. The number of nitrogens with zero attached hydrogens (tertiary/aromatic N) is 1. The third kappa shape index (κ3) is 5.24. The average Bonchev–Trinajstić information content (AvgIpc) is 2.61. The molecule has 0 atom stereocenters. The number of amides is 1. The first kappa shape index (κ1) is 19.3. The number of rotatable bonds is 7. The molecule has 0 saturated heterocycles. The summed E-state index contributed by atoms with van der Waals surface area (Å²) in [6.45, 7) is 3.45. The van der Waals surface area contributed by atoms with E-state index in [0.29, 0.717) is 11.3 Å². The van der Waals surface area contributed by atoms with E-state index in [2.05, 4.69) is 0 Å². The van der Waals surface area contributed by atoms with Crippen molar-refractivity contribution in [3.05, 3.63) is 65.5 Å². The lowest BCUT2D eigenvalue weighted by atomic mass is 10.1. The predicted octanol–water partition coefficient (Wildman–Crippen LogP) is 3.30. The Morgan fingerprint density at radius 3 is 2.19 bits per heavy atom. The minimum atomic E-state index is -0.674. The average molecular weight is 357 g/mol. The molecule has 2 rings (SSSR count). The third-order valence-corrected chi connectivity index (χ3v) is 3.72. The maximum absolute atomic E-state index is 13.2. The Labute approximate surface area is 151 Å². The second-order valence-corrected chi connectivity index (χ2v) is 5.73. The number of hydrogen-bond acceptors (Lipinski definition) is 4. The summed E-state index contributed by atoms with van der Waals surface area (Å²) in [6.07, 6.45) is -0.494. The third-order valence-electron chi connectivity index (χ3n) is 3.72. The van der Waals surface area contributed by atoms with Gasteiger partial charge in [0.15, 0.2) is 5.78 Å². The summed E-state index contributed by atoms with van der Waals surface area (Å²) in [6, 6.07) is 12.1. The zero-order chi connectivity index (χ0) is 19.1. The summed E-state index contributed by atoms with van der Waals surface area (Å²) >= 11 is 0. The fourth-order valence-corrected chi connectivity index (χ4v) is 2.35. The van der Waals surface area contributed by atoms with E-state index in [1.54, 1.807) is 31.2 Å². The van der Waals surface area contributed by atoms with Crippen molar-refractivity contribution in [3.8, 4) is 0 Å². The lowest BCUT2D eigenvalue weighted by molar-refractivity contribution is -0.145. The number of carbonyl (C=O) groups is 3. The van der Waals surface area contributed by atoms with Gasteiger partial charge in [0.05, 0.1) is 13.2 Å². The monoisotopic (exact) mass is 357 g/mol. The van der Waals surface area contributed by atoms with Crippen molar-refractivity contribution in [2.75, 3.05) is 18.1 Å². The van der Waals surface area contributed by atoms with Gasteiger partial charge in [-0.05, 0) is 38.1 Å². The standard InChI is InChI=1S/C20H20FNO4/c1-3-26-20(25)12-19(24)22(17-10-8-16(21)9-11-17)13-18(23)15-6-4-14(2)5-7-15/h4-11H,3,12-13H2,1-2H3. The van der Waals surface area contributed by atoms with Crippen LogP contribution in [-0.2, 0) is 14.3 Å². The number of esters is 1. The Morgan fingerprint density at radius 1 is 1.00 bits per heavy atom. The van der Waals surface area contributed by atoms with Crippen molar-refractivity contribution < 1.29 is 23.5 Å². The summed E-state index contributed by atoms with van der Waals surface area (Å²) in [4.78, 5) is 37.8. The highest BCUT2D eigenvalue weighted by atomic mass is 19.1. The van der Waals surface area contributed by atoms with Crippen LogP contribution in [-0.4, -0.2) is 30.8 Å². The van der Waals surface area contributed by atoms with E-state index in [9.17, 15) is 18.8 Å². The fourth-order valence-electron chi connectivity index (χ4n) is 2.35. The molecule has 0 aliphatic heterocycles. The van der Waals surface area contributed by atoms with Crippen LogP contribution in [0.2, 0.25) is 0 Å². The molecular formula is C20H20FNO4. The van der Waals surface area contributed by atoms with Crippen molar-refractivity contribution in [1.29, 1.82) is 0 Å². The first-order chi connectivity index (χ1) is 12.4. The molecule has 0 spiro atoms. The molecule has 0 aromatic heterocycles. The summed E-state index contributed by atoms with van der Waals surface area (Å²) in [7, 11) is 0. The molecular weight excluding hydrogens is 337 g/mol. The number of benzene rings is 2. The molecule has 0 fully saturated rings. The van der Waals surface area contributed by atoms with Crippen LogP contribution in [0.4, 0.5) is 10.1 Å². The van der Waals surface area contributed by atoms with Crippen LogP contribution in [0.15, 0.2) is 48.5 Å². The number of aryl methyl sites for hydroxylation is 1. The van der Waals surface area contributed by atoms with Crippen LogP contribution in [0, 0.1) is 12.7 Å². The molecule has 2 aromatic rings. The van der Waals surface area contributed by atoms with Gasteiger partial charge in [0.2, 0.25) is 5.91 Å². The summed E-state index contributed by atoms with van der Waals surface area (Å²) < 4.78 is 18.0. The molecule has 0 unspecified atom stereocenters. The van der Waals surface area contributed by atoms with Crippen molar-refractivity contribution >= 4 is 23.3 Å². The predicted molar refractivity (Wildman–Crippen MR) is 95.5 cm³/mol. The van der Waals surface area contributed by atoms with Crippen molar-refractivity contribution in [1.82, 2.24) is 0 Å². The van der Waals surface area contributed by atoms with E-state index in [4.69, 9.17) is 4.74 Å². The highest BCUT2D eigenvalue weighted by molar-refractivity contribution is 6.09. The quantitative estimate of drug-likeness (QED) is 0.433. The van der Waals surface area contributed by atoms with E-state index in [1.807, 2.05) is 6.92 Å². The van der Waals surface area contributed by atoms with Gasteiger partial charge in [-0.15, -0.1) is 0 Å². The van der Waals surface area contributed by atoms with Crippen molar-refractivity contribution in [3.63, 3.8) is 0 Å². The molecule has 1 amide bonds. The molecule has 0 aliphatic rings. The van der Waals surface area contributed by atoms with E-state index in [-0.39, 0.29) is 18.9 Å². The van der Waals surface area contributed by atoms with Gasteiger partial charge in [-0.1, -0.05) is 29.8 Å². The second-order valence-electron chi connectivity index (χ2n) is 5.73. The fraction of sp³-hybridized carbons (Fsp3) is 0.250. The second kappa shape index (κ2) is 8.89. The van der Waals surface area contributed by atoms with Crippen LogP contribution in [0.3, 0.4) is 0 Å². The van der Waals surface area contributed by atoms with Crippen LogP contribution in [0.5, 0.6) is 0 Å². The Bertz CT molecular complexity index is 784. The summed E-state index contributed by atoms with van der Waals surface area (Å²) in [5, 5.41) is 0. The number of carbonyl (C=O) groups excluding carboxylic acids is 3. The summed E-state index contributed by atoms with van der Waals surface area (Å²) in [5.74, 6) is -2.01. The van der Waals surface area contributed by atoms with Gasteiger partial charge in [-0.3, -0.25) is 14.4 Å². The lowest BCUT2D eigenvalue weighted by Crippen LogP contribution is -2.37. The highest BCUT2D eigenvalue weighted by Crippen LogP contribution is 2.17. The zero-order valence-corrected chi connectivity index (χ0v) is 14.7. The van der Waals surface area contributed by atoms with Crippen LogP contribution in [0.1, 0.15) is 29.3 Å². The maximum atomic E-state index is 13.2. The lowest BCUT2D eigenvalue weighted by Gasteiger charge is -2.22. The molecule has 26 heavy (non-hydrogen) atoms. The molecule has 0 aliphatic carbocycles. The van der Waals surface area contributed by atoms with Gasteiger partial charge in [0.1, 0.15) is 12.2 Å². The topological polar surface area (TPSA) is 63.7 Å². The van der Waals surface area contributed by atoms with Gasteiger partial charge >= 0.3 is 5.97 Å². The molecule has 0 saturated carbocycles. The first-order valence-corrected chi connectivity index (χ1v) is 8.22. The minimum absolute atomic E-state index is 0.158. The Hall–Kier alpha value is -3.02. The molecule has 2 aromatic carbocycles. The largest absolute Gasteiger partial charge is 0.466 e. The van der Waals surface area contributed by atoms with Gasteiger partial charge in [-0.25, -0.2) is 4.39 Å². The number of halogens is 1. The molecule has 0 heterocycles. The van der Waals surface area contributed by atoms with Gasteiger partial charge in [0, 0.05) is 11.3 Å². The highest BCUT2D eigenvalue weighted by Gasteiger charge is 2.23. The molecule has 6 heteroatoms. The molecule has 136 valence electrons. The maximum Gasteiger partial charge on any atom is 0.315 e. The van der Waals surface area contributed by atoms with E-state index >= 15 is 0 Å². The minimum Gasteiger partial charge on any atom is -0.466 e. The molecule has 0 N–H and O–H groups in total. The molecule has 0 bridgehead atoms. The Morgan fingerprint density at radius 2 is 1.62 bits per heavy atom. The Balaban J connectivity index is 2.23. The number of ketones is 1. The van der Waals surface area contributed by atoms with Gasteiger partial charge in [-0.2, -0.15) is 0 Å². The SMILES string of the molecule is CCOC(=O)CC(=O)N(CC(=O)c1ccc(C)cc1)c1ccc(F)cc1. The van der Waals surface area contributed by atoms with Crippen LogP contribution < -0.4 is 4.90 Å². The number of Topliss-reactive ketones (excluding diaryl/α,β-unsaturated/α-hetero) is 1. The van der Waals surface area contributed by atoms with Crippen LogP contribution in [0.25, 0.3) is 0 Å². The van der Waals surface area contributed by atoms with E-state index in [0.717, 1.165) is 5.56 Å². The Kier molecular flexibility index (Phi) is 6.60. The number of ether oxygens (including phenoxy) is 1. The molecule has 0 radical (unpaired) electrons.